The van der Waals surface area contributed by atoms with Crippen LogP contribution in [0.25, 0.3) is 26.6 Å². The second kappa shape index (κ2) is 5.54. The predicted octanol–water partition coefficient (Wildman–Crippen LogP) is 3.58. The van der Waals surface area contributed by atoms with E-state index in [0.717, 1.165) is 16.4 Å². The molecule has 0 amide bonds. The first-order valence-electron chi connectivity index (χ1n) is 7.15. The van der Waals surface area contributed by atoms with E-state index in [1.165, 1.54) is 28.2 Å². The van der Waals surface area contributed by atoms with Crippen LogP contribution in [0.2, 0.25) is 0 Å². The van der Waals surface area contributed by atoms with E-state index in [-0.39, 0.29) is 11.1 Å². The average molecular weight is 338 g/mol. The Labute approximate surface area is 139 Å². The van der Waals surface area contributed by atoms with Crippen LogP contribution in [0.4, 0.5) is 4.39 Å². The third-order valence-electron chi connectivity index (χ3n) is 3.66. The smallest absolute Gasteiger partial charge is 0.282 e. The molecule has 4 aromatic rings. The van der Waals surface area contributed by atoms with Gasteiger partial charge in [-0.2, -0.15) is 4.68 Å². The van der Waals surface area contributed by atoms with E-state index >= 15 is 0 Å². The van der Waals surface area contributed by atoms with E-state index in [4.69, 9.17) is 5.41 Å². The van der Waals surface area contributed by atoms with Gasteiger partial charge in [-0.15, -0.1) is 0 Å². The zero-order valence-corrected chi connectivity index (χ0v) is 13.1. The van der Waals surface area contributed by atoms with Crippen molar-refractivity contribution in [2.45, 2.75) is 0 Å². The van der Waals surface area contributed by atoms with Crippen molar-refractivity contribution in [3.8, 4) is 16.4 Å². The third-order valence-corrected chi connectivity index (χ3v) is 4.68. The molecule has 118 valence electrons. The number of benzene rings is 2. The van der Waals surface area contributed by atoms with Crippen LogP contribution in [-0.4, -0.2) is 21.0 Å². The normalized spacial score (nSPS) is 11.0. The first-order chi connectivity index (χ1) is 11.7. The van der Waals surface area contributed by atoms with Crippen LogP contribution < -0.4 is 5.56 Å². The highest BCUT2D eigenvalue weighted by Gasteiger charge is 2.17. The molecular weight excluding hydrogens is 327 g/mol. The lowest BCUT2D eigenvalue weighted by Gasteiger charge is -1.99. The Bertz CT molecular complexity index is 1090. The van der Waals surface area contributed by atoms with E-state index in [1.54, 1.807) is 12.1 Å². The lowest BCUT2D eigenvalue weighted by Crippen LogP contribution is -2.16. The maximum atomic E-state index is 13.5. The molecule has 0 saturated heterocycles. The Morgan fingerprint density at radius 1 is 1.21 bits per heavy atom. The average Bonchev–Trinajstić information content (AvgIpc) is 3.15. The number of H-pyrrole nitrogens is 1. The summed E-state index contributed by atoms with van der Waals surface area (Å²) in [4.78, 5) is 17.1. The Kier molecular flexibility index (Phi) is 3.35. The molecule has 0 aliphatic carbocycles. The van der Waals surface area contributed by atoms with Crippen molar-refractivity contribution in [3.63, 3.8) is 0 Å². The van der Waals surface area contributed by atoms with Gasteiger partial charge in [-0.3, -0.25) is 9.89 Å². The minimum atomic E-state index is -0.406. The van der Waals surface area contributed by atoms with Crippen molar-refractivity contribution in [2.24, 2.45) is 0 Å². The number of halogens is 1. The second-order valence-electron chi connectivity index (χ2n) is 5.16. The molecule has 2 N–H and O–H groups in total. The monoisotopic (exact) mass is 338 g/mol. The summed E-state index contributed by atoms with van der Waals surface area (Å²) < 4.78 is 15.7. The van der Waals surface area contributed by atoms with Crippen LogP contribution in [0, 0.1) is 11.2 Å². The summed E-state index contributed by atoms with van der Waals surface area (Å²) in [7, 11) is 0. The molecule has 7 heteroatoms. The predicted molar refractivity (Wildman–Crippen MR) is 92.8 cm³/mol. The molecule has 0 saturated carbocycles. The lowest BCUT2D eigenvalue weighted by molar-refractivity contribution is 0.628. The number of aromatic amines is 1. The van der Waals surface area contributed by atoms with Crippen LogP contribution in [0.15, 0.2) is 53.3 Å². The van der Waals surface area contributed by atoms with Crippen molar-refractivity contribution in [3.05, 3.63) is 70.3 Å². The van der Waals surface area contributed by atoms with Crippen LogP contribution in [0.5, 0.6) is 0 Å². The van der Waals surface area contributed by atoms with Crippen LogP contribution in [0.3, 0.4) is 0 Å². The molecule has 0 unspecified atom stereocenters. The number of aromatic nitrogens is 3. The van der Waals surface area contributed by atoms with Gasteiger partial charge in [-0.25, -0.2) is 9.37 Å². The van der Waals surface area contributed by atoms with Gasteiger partial charge in [0.1, 0.15) is 5.82 Å². The SMILES string of the molecule is N=Cc1c(-c2cccc(F)c2)[nH]n(-c2nc3ccccc3s2)c1=O. The highest BCUT2D eigenvalue weighted by Crippen LogP contribution is 2.25. The number of hydrogen-bond acceptors (Lipinski definition) is 4. The number of hydrogen-bond donors (Lipinski definition) is 2. The molecular formula is C17H11FN4OS. The summed E-state index contributed by atoms with van der Waals surface area (Å²) in [6, 6.07) is 13.5. The van der Waals surface area contributed by atoms with E-state index in [0.29, 0.717) is 16.4 Å². The van der Waals surface area contributed by atoms with E-state index in [2.05, 4.69) is 10.1 Å². The molecule has 2 aromatic carbocycles. The van der Waals surface area contributed by atoms with Crippen molar-refractivity contribution in [1.82, 2.24) is 14.8 Å². The largest absolute Gasteiger partial charge is 0.308 e. The van der Waals surface area contributed by atoms with Gasteiger partial charge in [0, 0.05) is 11.8 Å². The molecule has 0 aliphatic rings. The molecule has 0 spiro atoms. The van der Waals surface area contributed by atoms with Crippen molar-refractivity contribution in [1.29, 1.82) is 5.41 Å². The Morgan fingerprint density at radius 2 is 2.04 bits per heavy atom. The second-order valence-corrected chi connectivity index (χ2v) is 6.17. The highest BCUT2D eigenvalue weighted by molar-refractivity contribution is 7.20. The number of thiazole rings is 1. The van der Waals surface area contributed by atoms with Gasteiger partial charge in [-0.05, 0) is 24.3 Å². The molecule has 2 heterocycles. The summed E-state index contributed by atoms with van der Waals surface area (Å²) in [6.45, 7) is 0. The molecule has 0 radical (unpaired) electrons. The summed E-state index contributed by atoms with van der Waals surface area (Å²) in [5.41, 5.74) is 1.48. The fraction of sp³-hybridized carbons (Fsp3) is 0. The lowest BCUT2D eigenvalue weighted by atomic mass is 10.1. The maximum absolute atomic E-state index is 13.5. The summed E-state index contributed by atoms with van der Waals surface area (Å²) in [5, 5.41) is 11.0. The molecule has 2 aromatic heterocycles. The van der Waals surface area contributed by atoms with E-state index in [1.807, 2.05) is 24.3 Å². The highest BCUT2D eigenvalue weighted by atomic mass is 32.1. The fourth-order valence-corrected chi connectivity index (χ4v) is 3.46. The molecule has 0 bridgehead atoms. The zero-order chi connectivity index (χ0) is 16.7. The van der Waals surface area contributed by atoms with Gasteiger partial charge in [-0.1, -0.05) is 35.6 Å². The minimum Gasteiger partial charge on any atom is -0.308 e. The van der Waals surface area contributed by atoms with Crippen LogP contribution >= 0.6 is 11.3 Å². The molecule has 0 atom stereocenters. The first kappa shape index (κ1) is 14.5. The number of rotatable bonds is 3. The summed E-state index contributed by atoms with van der Waals surface area (Å²) in [5.74, 6) is -0.406. The minimum absolute atomic E-state index is 0.167. The van der Waals surface area contributed by atoms with Gasteiger partial charge in [0.25, 0.3) is 5.56 Å². The van der Waals surface area contributed by atoms with Gasteiger partial charge < -0.3 is 5.41 Å². The number of nitrogens with zero attached hydrogens (tertiary/aromatic N) is 2. The van der Waals surface area contributed by atoms with Crippen molar-refractivity contribution >= 4 is 27.8 Å². The van der Waals surface area contributed by atoms with Gasteiger partial charge in [0.2, 0.25) is 5.13 Å². The van der Waals surface area contributed by atoms with Gasteiger partial charge in [0.15, 0.2) is 0 Å². The quantitative estimate of drug-likeness (QED) is 0.560. The number of nitrogens with one attached hydrogen (secondary N) is 2. The van der Waals surface area contributed by atoms with Crippen molar-refractivity contribution in [2.75, 3.05) is 0 Å². The molecule has 24 heavy (non-hydrogen) atoms. The van der Waals surface area contributed by atoms with E-state index < -0.39 is 5.82 Å². The van der Waals surface area contributed by atoms with Gasteiger partial charge in [0.05, 0.1) is 21.5 Å². The molecule has 0 aliphatic heterocycles. The number of para-hydroxylation sites is 1. The van der Waals surface area contributed by atoms with E-state index in [9.17, 15) is 9.18 Å². The third kappa shape index (κ3) is 2.26. The first-order valence-corrected chi connectivity index (χ1v) is 7.96. The van der Waals surface area contributed by atoms with Crippen LogP contribution in [-0.2, 0) is 0 Å². The fourth-order valence-electron chi connectivity index (χ4n) is 2.54. The standard InChI is InChI=1S/C17H11FN4OS/c18-11-5-3-4-10(8-11)15-12(9-19)16(23)22(21-15)17-20-13-6-1-2-7-14(13)24-17/h1-9,19,21H. The molecule has 4 rings (SSSR count). The zero-order valence-electron chi connectivity index (χ0n) is 12.3. The van der Waals surface area contributed by atoms with Crippen LogP contribution in [0.1, 0.15) is 5.56 Å². The summed E-state index contributed by atoms with van der Waals surface area (Å²) >= 11 is 1.37. The Hall–Kier alpha value is -3.06. The maximum Gasteiger partial charge on any atom is 0.282 e. The molecule has 5 nitrogen and oxygen atoms in total. The topological polar surface area (TPSA) is 74.5 Å². The Balaban J connectivity index is 1.94. The summed E-state index contributed by atoms with van der Waals surface area (Å²) in [6.07, 6.45) is 0.975. The Morgan fingerprint density at radius 3 is 2.79 bits per heavy atom. The number of fused-ring (bicyclic) bond motifs is 1. The van der Waals surface area contributed by atoms with Gasteiger partial charge >= 0.3 is 0 Å². The molecule has 0 fully saturated rings. The van der Waals surface area contributed by atoms with Crippen molar-refractivity contribution < 1.29 is 4.39 Å².